The normalized spacial score (nSPS) is 12.6. The van der Waals surface area contributed by atoms with Crippen LogP contribution in [0.3, 0.4) is 0 Å². The summed E-state index contributed by atoms with van der Waals surface area (Å²) in [6, 6.07) is 6.51. The van der Waals surface area contributed by atoms with Crippen LogP contribution in [-0.2, 0) is 34.3 Å². The molecule has 2 aromatic heterocycles. The summed E-state index contributed by atoms with van der Waals surface area (Å²) in [5.41, 5.74) is 2.09. The van der Waals surface area contributed by atoms with Crippen molar-refractivity contribution in [1.82, 2.24) is 20.4 Å². The van der Waals surface area contributed by atoms with E-state index in [0.29, 0.717) is 22.4 Å². The minimum atomic E-state index is -1.21. The highest BCUT2D eigenvalue weighted by Crippen LogP contribution is 2.25. The molecule has 1 aromatic carbocycles. The van der Waals surface area contributed by atoms with Crippen LogP contribution in [-0.4, -0.2) is 51.9 Å². The minimum absolute atomic E-state index is 0.0144. The number of nitrogens with one attached hydrogen (secondary N) is 2. The number of aliphatic carboxylic acids is 1. The molecule has 2 atom stereocenters. The van der Waals surface area contributed by atoms with E-state index in [-0.39, 0.29) is 30.2 Å². The number of amides is 2. The largest absolute Gasteiger partial charge is 0.494 e. The van der Waals surface area contributed by atoms with Crippen molar-refractivity contribution < 1.29 is 24.2 Å². The van der Waals surface area contributed by atoms with Gasteiger partial charge in [0.1, 0.15) is 12.1 Å². The van der Waals surface area contributed by atoms with E-state index in [9.17, 15) is 24.3 Å². The van der Waals surface area contributed by atoms with Crippen LogP contribution in [0.4, 0.5) is 0 Å². The van der Waals surface area contributed by atoms with Crippen molar-refractivity contribution in [3.05, 3.63) is 68.8 Å². The van der Waals surface area contributed by atoms with Gasteiger partial charge in [0.2, 0.25) is 11.8 Å². The van der Waals surface area contributed by atoms with Crippen LogP contribution in [0, 0.1) is 5.92 Å². The van der Waals surface area contributed by atoms with Gasteiger partial charge in [-0.3, -0.25) is 14.4 Å². The Labute approximate surface area is 218 Å². The summed E-state index contributed by atoms with van der Waals surface area (Å²) in [7, 11) is 2.98. The molecular formula is C26H30N4O6S. The molecule has 0 radical (unpaired) electrons. The number of carbonyl (C=O) groups excluding carboxylic acids is 2. The Balaban J connectivity index is 1.72. The van der Waals surface area contributed by atoms with Crippen molar-refractivity contribution in [2.45, 2.75) is 38.8 Å². The first kappa shape index (κ1) is 27.6. The third-order valence-corrected chi connectivity index (χ3v) is 6.56. The molecule has 37 heavy (non-hydrogen) atoms. The lowest BCUT2D eigenvalue weighted by Gasteiger charge is -2.24. The van der Waals surface area contributed by atoms with Crippen LogP contribution in [0.1, 0.15) is 25.0 Å². The fourth-order valence-electron chi connectivity index (χ4n) is 3.79. The average Bonchev–Trinajstić information content (AvgIpc) is 3.37. The lowest BCUT2D eigenvalue weighted by atomic mass is 9.99. The van der Waals surface area contributed by atoms with E-state index in [2.05, 4.69) is 15.7 Å². The number of rotatable bonds is 11. The van der Waals surface area contributed by atoms with Gasteiger partial charge in [0.25, 0.3) is 5.56 Å². The molecule has 0 aliphatic rings. The summed E-state index contributed by atoms with van der Waals surface area (Å²) in [5, 5.41) is 22.7. The van der Waals surface area contributed by atoms with E-state index in [1.165, 1.54) is 36.4 Å². The molecule has 0 bridgehead atoms. The van der Waals surface area contributed by atoms with E-state index >= 15 is 0 Å². The van der Waals surface area contributed by atoms with Crippen LogP contribution in [0.25, 0.3) is 11.1 Å². The Hall–Kier alpha value is -3.99. The van der Waals surface area contributed by atoms with Gasteiger partial charge in [-0.25, -0.2) is 9.48 Å². The first-order chi connectivity index (χ1) is 17.6. The van der Waals surface area contributed by atoms with Crippen molar-refractivity contribution in [2.24, 2.45) is 13.0 Å². The highest BCUT2D eigenvalue weighted by Gasteiger charge is 2.29. The van der Waals surface area contributed by atoms with Crippen LogP contribution >= 0.6 is 11.3 Å². The van der Waals surface area contributed by atoms with E-state index < -0.39 is 24.0 Å². The van der Waals surface area contributed by atoms with E-state index in [1.807, 2.05) is 16.8 Å². The van der Waals surface area contributed by atoms with Crippen molar-refractivity contribution in [2.75, 3.05) is 7.11 Å². The third-order valence-electron chi connectivity index (χ3n) is 5.83. The summed E-state index contributed by atoms with van der Waals surface area (Å²) in [5.74, 6) is -2.00. The average molecular weight is 527 g/mol. The first-order valence-corrected chi connectivity index (χ1v) is 12.6. The highest BCUT2D eigenvalue weighted by molar-refractivity contribution is 7.08. The number of benzene rings is 1. The summed E-state index contributed by atoms with van der Waals surface area (Å²) in [4.78, 5) is 49.9. The minimum Gasteiger partial charge on any atom is -0.494 e. The van der Waals surface area contributed by atoms with Gasteiger partial charge in [0.15, 0.2) is 5.75 Å². The Morgan fingerprint density at radius 2 is 1.81 bits per heavy atom. The number of aromatic nitrogens is 2. The maximum absolute atomic E-state index is 13.0. The van der Waals surface area contributed by atoms with Crippen molar-refractivity contribution in [3.8, 4) is 16.9 Å². The molecule has 3 rings (SSSR count). The van der Waals surface area contributed by atoms with Gasteiger partial charge in [-0.15, -0.1) is 0 Å². The lowest BCUT2D eigenvalue weighted by Crippen LogP contribution is -2.54. The molecule has 3 N–H and O–H groups in total. The number of hydrogen-bond donors (Lipinski definition) is 3. The second kappa shape index (κ2) is 12.3. The summed E-state index contributed by atoms with van der Waals surface area (Å²) >= 11 is 1.48. The van der Waals surface area contributed by atoms with Gasteiger partial charge >= 0.3 is 5.97 Å². The SMILES string of the molecule is COc1cnn(C)c(=O)c1-c1ccc(C[C@H](NC(=O)[C@H](NC(=O)Cc2ccsc2)C(C)C)C(=O)O)cc1. The number of hydrogen-bond acceptors (Lipinski definition) is 7. The maximum Gasteiger partial charge on any atom is 0.326 e. The third kappa shape index (κ3) is 7.04. The van der Waals surface area contributed by atoms with Gasteiger partial charge in [-0.05, 0) is 39.4 Å². The van der Waals surface area contributed by atoms with Gasteiger partial charge in [-0.1, -0.05) is 38.1 Å². The van der Waals surface area contributed by atoms with E-state index in [0.717, 1.165) is 5.56 Å². The number of aryl methyl sites for hydroxylation is 1. The molecule has 0 aliphatic heterocycles. The number of methoxy groups -OCH3 is 1. The van der Waals surface area contributed by atoms with Crippen molar-refractivity contribution in [1.29, 1.82) is 0 Å². The van der Waals surface area contributed by atoms with Crippen molar-refractivity contribution >= 4 is 29.1 Å². The zero-order chi connectivity index (χ0) is 27.1. The topological polar surface area (TPSA) is 140 Å². The predicted octanol–water partition coefficient (Wildman–Crippen LogP) is 2.01. The molecule has 0 aliphatic carbocycles. The fourth-order valence-corrected chi connectivity index (χ4v) is 4.46. The molecule has 10 nitrogen and oxygen atoms in total. The molecule has 2 amide bonds. The van der Waals surface area contributed by atoms with Gasteiger partial charge in [-0.2, -0.15) is 16.4 Å². The number of carboxylic acids is 1. The zero-order valence-corrected chi connectivity index (χ0v) is 21.9. The molecule has 2 heterocycles. The smallest absolute Gasteiger partial charge is 0.326 e. The molecule has 11 heteroatoms. The van der Waals surface area contributed by atoms with Crippen molar-refractivity contribution in [3.63, 3.8) is 0 Å². The molecular weight excluding hydrogens is 496 g/mol. The van der Waals surface area contributed by atoms with Crippen LogP contribution in [0.2, 0.25) is 0 Å². The summed E-state index contributed by atoms with van der Waals surface area (Å²) < 4.78 is 6.47. The Kier molecular flexibility index (Phi) is 9.18. The predicted molar refractivity (Wildman–Crippen MR) is 140 cm³/mol. The van der Waals surface area contributed by atoms with Gasteiger partial charge in [0.05, 0.1) is 25.3 Å². The number of thiophene rings is 1. The number of ether oxygens (including phenoxy) is 1. The molecule has 0 saturated heterocycles. The Morgan fingerprint density at radius 1 is 1.11 bits per heavy atom. The zero-order valence-electron chi connectivity index (χ0n) is 21.1. The number of carbonyl (C=O) groups is 3. The second-order valence-corrected chi connectivity index (χ2v) is 9.69. The highest BCUT2D eigenvalue weighted by atomic mass is 32.1. The van der Waals surface area contributed by atoms with E-state index in [1.54, 1.807) is 38.1 Å². The van der Waals surface area contributed by atoms with Crippen LogP contribution < -0.4 is 20.9 Å². The Morgan fingerprint density at radius 3 is 2.38 bits per heavy atom. The molecule has 0 spiro atoms. The van der Waals surface area contributed by atoms with Crippen LogP contribution in [0.15, 0.2) is 52.1 Å². The van der Waals surface area contributed by atoms with E-state index in [4.69, 9.17) is 4.74 Å². The first-order valence-electron chi connectivity index (χ1n) is 11.6. The molecule has 0 saturated carbocycles. The summed E-state index contributed by atoms with van der Waals surface area (Å²) in [6.45, 7) is 3.56. The fraction of sp³-hybridized carbons (Fsp3) is 0.346. The van der Waals surface area contributed by atoms with Gasteiger partial charge in [0, 0.05) is 13.5 Å². The molecule has 0 fully saturated rings. The standard InChI is InChI=1S/C26H30N4O6S/c1-15(2)23(29-21(31)12-17-9-10-37-14-17)24(32)28-19(26(34)35)11-16-5-7-18(8-6-16)22-20(36-4)13-27-30(3)25(22)33/h5-10,13-15,19,23H,11-12H2,1-4H3,(H,28,32)(H,29,31)(H,34,35)/t19-,23+/m0/s1. The lowest BCUT2D eigenvalue weighted by molar-refractivity contribution is -0.142. The molecule has 0 unspecified atom stereocenters. The quantitative estimate of drug-likeness (QED) is 0.347. The molecule has 3 aromatic rings. The van der Waals surface area contributed by atoms with Crippen LogP contribution in [0.5, 0.6) is 5.75 Å². The summed E-state index contributed by atoms with van der Waals surface area (Å²) in [6.07, 6.45) is 1.60. The second-order valence-electron chi connectivity index (χ2n) is 8.91. The Bertz CT molecular complexity index is 1300. The maximum atomic E-state index is 13.0. The number of nitrogens with zero attached hydrogens (tertiary/aromatic N) is 2. The molecule has 196 valence electrons. The monoisotopic (exact) mass is 526 g/mol. The van der Waals surface area contributed by atoms with Gasteiger partial charge < -0.3 is 20.5 Å². The number of carboxylic acid groups (broad SMARTS) is 1.